The number of Topliss-reactive ketones (excluding diaryl/α,β-unsaturated/α-hetero) is 1. The second-order valence-electron chi connectivity index (χ2n) is 5.64. The molecule has 0 N–H and O–H groups in total. The van der Waals surface area contributed by atoms with E-state index in [1.54, 1.807) is 26.2 Å². The third-order valence-electron chi connectivity index (χ3n) is 3.98. The molecule has 1 fully saturated rings. The Morgan fingerprint density at radius 2 is 2.10 bits per heavy atom. The van der Waals surface area contributed by atoms with Crippen molar-refractivity contribution >= 4 is 11.7 Å². The van der Waals surface area contributed by atoms with Crippen molar-refractivity contribution in [2.75, 3.05) is 13.7 Å². The van der Waals surface area contributed by atoms with Gasteiger partial charge in [-0.25, -0.2) is 0 Å². The van der Waals surface area contributed by atoms with Crippen LogP contribution in [0.2, 0.25) is 0 Å². The topological polar surface area (TPSA) is 46.6 Å². The first-order chi connectivity index (χ1) is 10.1. The molecular weight excluding hydrogens is 266 g/mol. The smallest absolute Gasteiger partial charge is 0.254 e. The lowest BCUT2D eigenvalue weighted by atomic mass is 10.0. The molecular formula is C17H23NO3. The summed E-state index contributed by atoms with van der Waals surface area (Å²) in [6, 6.07) is 7.25. The number of carbonyl (C=O) groups is 2. The zero-order valence-electron chi connectivity index (χ0n) is 12.8. The molecule has 0 spiro atoms. The average Bonchev–Trinajstić information content (AvgIpc) is 2.71. The van der Waals surface area contributed by atoms with E-state index in [0.717, 1.165) is 32.2 Å². The molecule has 1 unspecified atom stereocenters. The summed E-state index contributed by atoms with van der Waals surface area (Å²) in [7, 11) is 1.59. The number of hydrogen-bond acceptors (Lipinski definition) is 3. The van der Waals surface area contributed by atoms with Crippen LogP contribution in [-0.4, -0.2) is 36.3 Å². The Morgan fingerprint density at radius 1 is 1.29 bits per heavy atom. The minimum Gasteiger partial charge on any atom is -0.497 e. The highest BCUT2D eigenvalue weighted by atomic mass is 16.5. The second-order valence-corrected chi connectivity index (χ2v) is 5.64. The Kier molecular flexibility index (Phi) is 5.37. The van der Waals surface area contributed by atoms with Crippen molar-refractivity contribution in [1.29, 1.82) is 0 Å². The fraction of sp³-hybridized carbons (Fsp3) is 0.529. The number of methoxy groups -OCH3 is 1. The lowest BCUT2D eigenvalue weighted by molar-refractivity contribution is -0.118. The molecule has 0 aliphatic carbocycles. The normalized spacial score (nSPS) is 19.0. The van der Waals surface area contributed by atoms with E-state index in [2.05, 4.69) is 0 Å². The molecule has 1 aromatic rings. The standard InChI is InChI=1S/C17H23NO3/c1-13(19)11-15-8-4-3-5-10-18(15)17(20)14-7-6-9-16(12-14)21-2/h6-7,9,12,15H,3-5,8,10-11H2,1-2H3. The van der Waals surface area contributed by atoms with Gasteiger partial charge < -0.3 is 9.64 Å². The molecule has 1 aliphatic heterocycles. The van der Waals surface area contributed by atoms with Crippen molar-refractivity contribution in [3.8, 4) is 5.75 Å². The maximum atomic E-state index is 12.8. The van der Waals surface area contributed by atoms with Crippen molar-refractivity contribution in [2.45, 2.75) is 45.1 Å². The number of nitrogens with zero attached hydrogens (tertiary/aromatic N) is 1. The Balaban J connectivity index is 2.21. The molecule has 4 heteroatoms. The third kappa shape index (κ3) is 4.06. The Bertz CT molecular complexity index is 513. The predicted octanol–water partition coefficient (Wildman–Crippen LogP) is 3.06. The minimum absolute atomic E-state index is 0.00190. The van der Waals surface area contributed by atoms with Crippen LogP contribution in [0.5, 0.6) is 5.75 Å². The number of ether oxygens (including phenoxy) is 1. The fourth-order valence-electron chi connectivity index (χ4n) is 2.91. The SMILES string of the molecule is COc1cccc(C(=O)N2CCCCCC2CC(C)=O)c1. The van der Waals surface area contributed by atoms with E-state index in [1.807, 2.05) is 17.0 Å². The molecule has 0 saturated carbocycles. The molecule has 21 heavy (non-hydrogen) atoms. The van der Waals surface area contributed by atoms with Crippen molar-refractivity contribution in [3.05, 3.63) is 29.8 Å². The first kappa shape index (κ1) is 15.5. The van der Waals surface area contributed by atoms with Gasteiger partial charge in [0, 0.05) is 24.6 Å². The summed E-state index contributed by atoms with van der Waals surface area (Å²) in [6.45, 7) is 2.33. The van der Waals surface area contributed by atoms with Gasteiger partial charge in [0.25, 0.3) is 5.91 Å². The molecule has 1 atom stereocenters. The van der Waals surface area contributed by atoms with Crippen LogP contribution < -0.4 is 4.74 Å². The largest absolute Gasteiger partial charge is 0.497 e. The molecule has 1 amide bonds. The van der Waals surface area contributed by atoms with E-state index < -0.39 is 0 Å². The van der Waals surface area contributed by atoms with Gasteiger partial charge in [-0.05, 0) is 38.0 Å². The summed E-state index contributed by atoms with van der Waals surface area (Å²) in [5.41, 5.74) is 0.629. The molecule has 1 aromatic carbocycles. The van der Waals surface area contributed by atoms with Gasteiger partial charge in [-0.15, -0.1) is 0 Å². The van der Waals surface area contributed by atoms with Crippen molar-refractivity contribution in [1.82, 2.24) is 4.90 Å². The molecule has 0 radical (unpaired) electrons. The lowest BCUT2D eigenvalue weighted by Gasteiger charge is -2.29. The molecule has 114 valence electrons. The number of ketones is 1. The van der Waals surface area contributed by atoms with E-state index in [0.29, 0.717) is 17.7 Å². The van der Waals surface area contributed by atoms with E-state index in [4.69, 9.17) is 4.74 Å². The molecule has 0 bridgehead atoms. The van der Waals surface area contributed by atoms with Gasteiger partial charge in [0.15, 0.2) is 0 Å². The van der Waals surface area contributed by atoms with Crippen molar-refractivity contribution < 1.29 is 14.3 Å². The highest BCUT2D eigenvalue weighted by molar-refractivity contribution is 5.95. The Morgan fingerprint density at radius 3 is 2.81 bits per heavy atom. The van der Waals surface area contributed by atoms with Crippen LogP contribution in [0.4, 0.5) is 0 Å². The zero-order chi connectivity index (χ0) is 15.2. The fourth-order valence-corrected chi connectivity index (χ4v) is 2.91. The van der Waals surface area contributed by atoms with Crippen molar-refractivity contribution in [3.63, 3.8) is 0 Å². The summed E-state index contributed by atoms with van der Waals surface area (Å²) < 4.78 is 5.18. The number of hydrogen-bond donors (Lipinski definition) is 0. The molecule has 1 saturated heterocycles. The summed E-state index contributed by atoms with van der Waals surface area (Å²) in [5.74, 6) is 0.825. The maximum absolute atomic E-state index is 12.8. The van der Waals surface area contributed by atoms with Gasteiger partial charge in [-0.1, -0.05) is 18.9 Å². The minimum atomic E-state index is 0.00190. The predicted molar refractivity (Wildman–Crippen MR) is 81.6 cm³/mol. The number of carbonyl (C=O) groups excluding carboxylic acids is 2. The van der Waals surface area contributed by atoms with E-state index >= 15 is 0 Å². The van der Waals surface area contributed by atoms with Crippen LogP contribution in [0.15, 0.2) is 24.3 Å². The van der Waals surface area contributed by atoms with Gasteiger partial charge in [0.2, 0.25) is 0 Å². The summed E-state index contributed by atoms with van der Waals surface area (Å²) in [6.07, 6.45) is 4.57. The quantitative estimate of drug-likeness (QED) is 0.856. The molecule has 2 rings (SSSR count). The van der Waals surface area contributed by atoms with Gasteiger partial charge in [0.1, 0.15) is 11.5 Å². The van der Waals surface area contributed by atoms with Gasteiger partial charge in [-0.3, -0.25) is 9.59 Å². The first-order valence-electron chi connectivity index (χ1n) is 7.56. The van der Waals surface area contributed by atoms with Crippen LogP contribution in [0.25, 0.3) is 0 Å². The number of amides is 1. The van der Waals surface area contributed by atoms with Crippen LogP contribution in [-0.2, 0) is 4.79 Å². The summed E-state index contributed by atoms with van der Waals surface area (Å²) >= 11 is 0. The highest BCUT2D eigenvalue weighted by Gasteiger charge is 2.27. The number of likely N-dealkylation sites (tertiary alicyclic amines) is 1. The molecule has 1 heterocycles. The average molecular weight is 289 g/mol. The highest BCUT2D eigenvalue weighted by Crippen LogP contribution is 2.23. The summed E-state index contributed by atoms with van der Waals surface area (Å²) in [4.78, 5) is 26.1. The lowest BCUT2D eigenvalue weighted by Crippen LogP contribution is -2.41. The van der Waals surface area contributed by atoms with Gasteiger partial charge in [-0.2, -0.15) is 0 Å². The molecule has 1 aliphatic rings. The molecule has 4 nitrogen and oxygen atoms in total. The van der Waals surface area contributed by atoms with Gasteiger partial charge >= 0.3 is 0 Å². The van der Waals surface area contributed by atoms with Crippen molar-refractivity contribution in [2.24, 2.45) is 0 Å². The maximum Gasteiger partial charge on any atom is 0.254 e. The van der Waals surface area contributed by atoms with E-state index in [1.165, 1.54) is 0 Å². The Hall–Kier alpha value is -1.84. The monoisotopic (exact) mass is 289 g/mol. The number of rotatable bonds is 4. The van der Waals surface area contributed by atoms with Crippen LogP contribution in [0.1, 0.15) is 49.4 Å². The number of benzene rings is 1. The first-order valence-corrected chi connectivity index (χ1v) is 7.56. The zero-order valence-corrected chi connectivity index (χ0v) is 12.8. The van der Waals surface area contributed by atoms with Crippen LogP contribution in [0, 0.1) is 0 Å². The molecule has 0 aromatic heterocycles. The van der Waals surface area contributed by atoms with Crippen LogP contribution >= 0.6 is 0 Å². The third-order valence-corrected chi connectivity index (χ3v) is 3.98. The van der Waals surface area contributed by atoms with E-state index in [-0.39, 0.29) is 17.7 Å². The summed E-state index contributed by atoms with van der Waals surface area (Å²) in [5, 5.41) is 0. The van der Waals surface area contributed by atoms with Crippen LogP contribution in [0.3, 0.4) is 0 Å². The Labute approximate surface area is 126 Å². The van der Waals surface area contributed by atoms with E-state index in [9.17, 15) is 9.59 Å². The second kappa shape index (κ2) is 7.25. The van der Waals surface area contributed by atoms with Gasteiger partial charge in [0.05, 0.1) is 7.11 Å².